The van der Waals surface area contributed by atoms with Gasteiger partial charge < -0.3 is 5.32 Å². The molecule has 102 valence electrons. The van der Waals surface area contributed by atoms with Crippen LogP contribution in [0.2, 0.25) is 5.02 Å². The fourth-order valence-electron chi connectivity index (χ4n) is 1.67. The van der Waals surface area contributed by atoms with Crippen molar-refractivity contribution in [1.29, 1.82) is 5.26 Å². The van der Waals surface area contributed by atoms with E-state index in [1.807, 2.05) is 6.07 Å². The van der Waals surface area contributed by atoms with Gasteiger partial charge in [-0.25, -0.2) is 4.39 Å². The third-order valence-corrected chi connectivity index (χ3v) is 4.34. The summed E-state index contributed by atoms with van der Waals surface area (Å²) in [6.45, 7) is 0. The molecule has 0 bridgehead atoms. The maximum Gasteiger partial charge on any atom is 0.143 e. The van der Waals surface area contributed by atoms with Crippen LogP contribution in [0.25, 0.3) is 0 Å². The first kappa shape index (κ1) is 15.3. The summed E-state index contributed by atoms with van der Waals surface area (Å²) < 4.78 is 15.2. The number of hydrogen-bond donors (Lipinski definition) is 1. The van der Waals surface area contributed by atoms with Crippen LogP contribution in [0.4, 0.5) is 10.1 Å². The highest BCUT2D eigenvalue weighted by Crippen LogP contribution is 2.29. The molecule has 0 aliphatic rings. The van der Waals surface area contributed by atoms with Crippen LogP contribution in [0.1, 0.15) is 11.6 Å². The van der Waals surface area contributed by atoms with Crippen molar-refractivity contribution in [2.24, 2.45) is 0 Å². The van der Waals surface area contributed by atoms with Gasteiger partial charge in [0.05, 0.1) is 11.1 Å². The average molecular weight is 418 g/mol. The summed E-state index contributed by atoms with van der Waals surface area (Å²) >= 11 is 12.5. The zero-order chi connectivity index (χ0) is 14.7. The van der Waals surface area contributed by atoms with Gasteiger partial charge in [0.1, 0.15) is 11.9 Å². The molecule has 2 nitrogen and oxygen atoms in total. The first-order chi connectivity index (χ1) is 9.51. The van der Waals surface area contributed by atoms with Crippen LogP contribution >= 0.6 is 43.5 Å². The standard InChI is InChI=1S/C14H8Br2ClFN2/c15-8-1-4-13(18)10(5-8)14(7-19)20-9-2-3-12(17)11(16)6-9/h1-6,14,20H. The van der Waals surface area contributed by atoms with E-state index in [-0.39, 0.29) is 5.56 Å². The summed E-state index contributed by atoms with van der Waals surface area (Å²) in [4.78, 5) is 0. The van der Waals surface area contributed by atoms with Gasteiger partial charge >= 0.3 is 0 Å². The Morgan fingerprint density at radius 3 is 2.60 bits per heavy atom. The molecule has 0 fully saturated rings. The summed E-state index contributed by atoms with van der Waals surface area (Å²) in [5, 5.41) is 12.8. The Labute approximate surface area is 137 Å². The SMILES string of the molecule is N#CC(Nc1ccc(Cl)c(Br)c1)c1cc(Br)ccc1F. The van der Waals surface area contributed by atoms with E-state index in [9.17, 15) is 9.65 Å². The lowest BCUT2D eigenvalue weighted by Crippen LogP contribution is -2.10. The van der Waals surface area contributed by atoms with Crippen LogP contribution in [0.5, 0.6) is 0 Å². The third kappa shape index (κ3) is 3.51. The first-order valence-corrected chi connectivity index (χ1v) is 7.54. The number of nitriles is 1. The van der Waals surface area contributed by atoms with Gasteiger partial charge in [0.25, 0.3) is 0 Å². The van der Waals surface area contributed by atoms with Gasteiger partial charge in [0, 0.05) is 20.2 Å². The molecule has 0 amide bonds. The Bertz CT molecular complexity index is 685. The monoisotopic (exact) mass is 416 g/mol. The molecule has 0 aliphatic carbocycles. The van der Waals surface area contributed by atoms with Crippen LogP contribution in [-0.4, -0.2) is 0 Å². The van der Waals surface area contributed by atoms with E-state index in [4.69, 9.17) is 11.6 Å². The highest BCUT2D eigenvalue weighted by molar-refractivity contribution is 9.10. The number of nitrogens with one attached hydrogen (secondary N) is 1. The van der Waals surface area contributed by atoms with Crippen molar-refractivity contribution in [2.75, 3.05) is 5.32 Å². The molecule has 1 N–H and O–H groups in total. The van der Waals surface area contributed by atoms with Crippen molar-refractivity contribution in [2.45, 2.75) is 6.04 Å². The summed E-state index contributed by atoms with van der Waals surface area (Å²) in [5.41, 5.74) is 0.958. The van der Waals surface area contributed by atoms with E-state index < -0.39 is 11.9 Å². The number of hydrogen-bond acceptors (Lipinski definition) is 2. The molecule has 2 aromatic carbocycles. The first-order valence-electron chi connectivity index (χ1n) is 5.57. The van der Waals surface area contributed by atoms with Crippen molar-refractivity contribution in [3.8, 4) is 6.07 Å². The lowest BCUT2D eigenvalue weighted by Gasteiger charge is -2.15. The van der Waals surface area contributed by atoms with Crippen LogP contribution in [0.15, 0.2) is 45.3 Å². The Balaban J connectivity index is 2.31. The van der Waals surface area contributed by atoms with Crippen molar-refractivity contribution in [1.82, 2.24) is 0 Å². The fourth-order valence-corrected chi connectivity index (χ4v) is 2.54. The Morgan fingerprint density at radius 1 is 1.20 bits per heavy atom. The quantitative estimate of drug-likeness (QED) is 0.696. The van der Waals surface area contributed by atoms with Crippen LogP contribution in [0.3, 0.4) is 0 Å². The number of rotatable bonds is 3. The van der Waals surface area contributed by atoms with Crippen LogP contribution < -0.4 is 5.32 Å². The summed E-state index contributed by atoms with van der Waals surface area (Å²) in [6, 6.07) is 10.9. The molecule has 0 aliphatic heterocycles. The van der Waals surface area contributed by atoms with Gasteiger partial charge in [-0.3, -0.25) is 0 Å². The summed E-state index contributed by atoms with van der Waals surface area (Å²) in [7, 11) is 0. The van der Waals surface area contributed by atoms with E-state index >= 15 is 0 Å². The lowest BCUT2D eigenvalue weighted by atomic mass is 10.1. The molecule has 1 unspecified atom stereocenters. The highest BCUT2D eigenvalue weighted by Gasteiger charge is 2.16. The van der Waals surface area contributed by atoms with Gasteiger partial charge in [-0.05, 0) is 52.3 Å². The maximum absolute atomic E-state index is 13.8. The normalized spacial score (nSPS) is 11.8. The second-order valence-electron chi connectivity index (χ2n) is 4.00. The van der Waals surface area contributed by atoms with Gasteiger partial charge in [-0.15, -0.1) is 0 Å². The topological polar surface area (TPSA) is 35.8 Å². The second-order valence-corrected chi connectivity index (χ2v) is 6.18. The van der Waals surface area contributed by atoms with Crippen LogP contribution in [-0.2, 0) is 0 Å². The molecule has 0 saturated carbocycles. The van der Waals surface area contributed by atoms with E-state index in [1.54, 1.807) is 30.3 Å². The minimum Gasteiger partial charge on any atom is -0.366 e. The zero-order valence-corrected chi connectivity index (χ0v) is 13.9. The van der Waals surface area contributed by atoms with Crippen molar-refractivity contribution < 1.29 is 4.39 Å². The molecule has 20 heavy (non-hydrogen) atoms. The minimum atomic E-state index is -0.791. The number of nitrogens with zero attached hydrogens (tertiary/aromatic N) is 1. The smallest absolute Gasteiger partial charge is 0.143 e. The van der Waals surface area contributed by atoms with Gasteiger partial charge in [-0.1, -0.05) is 27.5 Å². The molecule has 0 saturated heterocycles. The second kappa shape index (κ2) is 6.57. The van der Waals surface area contributed by atoms with Gasteiger partial charge in [-0.2, -0.15) is 5.26 Å². The molecule has 0 aromatic heterocycles. The van der Waals surface area contributed by atoms with E-state index in [0.29, 0.717) is 19.7 Å². The molecule has 2 aromatic rings. The maximum atomic E-state index is 13.8. The van der Waals surface area contributed by atoms with E-state index in [1.165, 1.54) is 6.07 Å². The predicted octanol–water partition coefficient (Wildman–Crippen LogP) is 5.68. The molecular formula is C14H8Br2ClFN2. The predicted molar refractivity (Wildman–Crippen MR) is 85.2 cm³/mol. The summed E-state index contributed by atoms with van der Waals surface area (Å²) in [5.74, 6) is -0.430. The molecule has 2 rings (SSSR count). The Hall–Kier alpha value is -1.09. The Kier molecular flexibility index (Phi) is 5.03. The molecule has 0 spiro atoms. The summed E-state index contributed by atoms with van der Waals surface area (Å²) in [6.07, 6.45) is 0. The van der Waals surface area contributed by atoms with Gasteiger partial charge in [0.2, 0.25) is 0 Å². The van der Waals surface area contributed by atoms with Crippen molar-refractivity contribution in [3.63, 3.8) is 0 Å². The highest BCUT2D eigenvalue weighted by atomic mass is 79.9. The largest absolute Gasteiger partial charge is 0.366 e. The fraction of sp³-hybridized carbons (Fsp3) is 0.0714. The van der Waals surface area contributed by atoms with Crippen molar-refractivity contribution in [3.05, 3.63) is 61.7 Å². The Morgan fingerprint density at radius 2 is 1.95 bits per heavy atom. The molecule has 6 heteroatoms. The number of benzene rings is 2. The van der Waals surface area contributed by atoms with E-state index in [2.05, 4.69) is 37.2 Å². The van der Waals surface area contributed by atoms with Crippen molar-refractivity contribution >= 4 is 49.1 Å². The number of anilines is 1. The lowest BCUT2D eigenvalue weighted by molar-refractivity contribution is 0.607. The third-order valence-electron chi connectivity index (χ3n) is 2.63. The molecule has 0 radical (unpaired) electrons. The van der Waals surface area contributed by atoms with E-state index in [0.717, 1.165) is 0 Å². The number of halogens is 4. The minimum absolute atomic E-state index is 0.285. The zero-order valence-electron chi connectivity index (χ0n) is 10.0. The average Bonchev–Trinajstić information content (AvgIpc) is 2.43. The molecule has 0 heterocycles. The molecule has 1 atom stereocenters. The van der Waals surface area contributed by atoms with Gasteiger partial charge in [0.15, 0.2) is 0 Å². The molecular weight excluding hydrogens is 410 g/mol. The van der Waals surface area contributed by atoms with Crippen LogP contribution in [0, 0.1) is 17.1 Å².